The van der Waals surface area contributed by atoms with Gasteiger partial charge in [-0.25, -0.2) is 0 Å². The quantitative estimate of drug-likeness (QED) is 0.838. The average molecular weight is 224 g/mol. The van der Waals surface area contributed by atoms with Crippen molar-refractivity contribution in [3.63, 3.8) is 0 Å². The summed E-state index contributed by atoms with van der Waals surface area (Å²) in [5.74, 6) is 0. The molecule has 1 aromatic heterocycles. The number of hydrogen-bond acceptors (Lipinski definition) is 3. The van der Waals surface area contributed by atoms with Gasteiger partial charge in [0, 0.05) is 37.6 Å². The van der Waals surface area contributed by atoms with Gasteiger partial charge in [0.2, 0.25) is 0 Å². The molecule has 0 aliphatic carbocycles. The molecule has 1 aliphatic rings. The lowest BCUT2D eigenvalue weighted by Gasteiger charge is -2.27. The Morgan fingerprint density at radius 1 is 1.40 bits per heavy atom. The van der Waals surface area contributed by atoms with Crippen molar-refractivity contribution in [3.8, 4) is 0 Å². The lowest BCUT2D eigenvalue weighted by Crippen LogP contribution is -2.44. The van der Waals surface area contributed by atoms with Gasteiger partial charge in [-0.1, -0.05) is 6.92 Å². The van der Waals surface area contributed by atoms with Crippen LogP contribution in [0.5, 0.6) is 0 Å². The van der Waals surface area contributed by atoms with E-state index in [2.05, 4.69) is 28.6 Å². The van der Waals surface area contributed by atoms with Crippen molar-refractivity contribution < 1.29 is 0 Å². The van der Waals surface area contributed by atoms with Gasteiger partial charge >= 0.3 is 0 Å². The highest BCUT2D eigenvalue weighted by molar-refractivity contribution is 7.10. The molecule has 1 aromatic rings. The lowest BCUT2D eigenvalue weighted by atomic mass is 10.1. The van der Waals surface area contributed by atoms with Gasteiger partial charge in [0.25, 0.3) is 0 Å². The number of nitrogens with one attached hydrogen (secondary N) is 1. The van der Waals surface area contributed by atoms with Crippen molar-refractivity contribution in [1.82, 2.24) is 10.2 Å². The Hall–Kier alpha value is -0.380. The standard InChI is InChI=1S/C12H20N2S/c1-2-11-4-10-15-12(11)3-7-14-8-5-13-6-9-14/h4,10,13H,2-3,5-9H2,1H3. The zero-order valence-electron chi connectivity index (χ0n) is 9.46. The van der Waals surface area contributed by atoms with Gasteiger partial charge in [0.1, 0.15) is 0 Å². The van der Waals surface area contributed by atoms with Crippen molar-refractivity contribution in [2.24, 2.45) is 0 Å². The molecule has 0 spiro atoms. The van der Waals surface area contributed by atoms with Crippen LogP contribution in [-0.2, 0) is 12.8 Å². The Morgan fingerprint density at radius 2 is 2.20 bits per heavy atom. The van der Waals surface area contributed by atoms with E-state index in [0.29, 0.717) is 0 Å². The smallest absolute Gasteiger partial charge is 0.0108 e. The number of rotatable bonds is 4. The molecule has 2 rings (SSSR count). The van der Waals surface area contributed by atoms with Gasteiger partial charge in [0.15, 0.2) is 0 Å². The third-order valence-corrected chi connectivity index (χ3v) is 4.11. The summed E-state index contributed by atoms with van der Waals surface area (Å²) < 4.78 is 0. The first-order valence-electron chi connectivity index (χ1n) is 5.88. The summed E-state index contributed by atoms with van der Waals surface area (Å²) in [6.45, 7) is 8.22. The number of nitrogens with zero attached hydrogens (tertiary/aromatic N) is 1. The van der Waals surface area contributed by atoms with Crippen LogP contribution in [0.25, 0.3) is 0 Å². The molecule has 0 bridgehead atoms. The maximum atomic E-state index is 3.39. The van der Waals surface area contributed by atoms with Gasteiger partial charge in [0.05, 0.1) is 0 Å². The van der Waals surface area contributed by atoms with E-state index in [9.17, 15) is 0 Å². The second-order valence-electron chi connectivity index (χ2n) is 4.06. The minimum absolute atomic E-state index is 1.16. The minimum atomic E-state index is 1.16. The van der Waals surface area contributed by atoms with Crippen LogP contribution in [-0.4, -0.2) is 37.6 Å². The van der Waals surface area contributed by atoms with E-state index in [0.717, 1.165) is 13.1 Å². The van der Waals surface area contributed by atoms with Crippen LogP contribution in [0.2, 0.25) is 0 Å². The Labute approximate surface area is 96.3 Å². The molecular formula is C12H20N2S. The number of piperazine rings is 1. The number of hydrogen-bond donors (Lipinski definition) is 1. The van der Waals surface area contributed by atoms with E-state index in [1.807, 2.05) is 11.3 Å². The first kappa shape index (κ1) is 11.1. The number of thiophene rings is 1. The average Bonchev–Trinajstić information content (AvgIpc) is 2.75. The SMILES string of the molecule is CCc1ccsc1CCN1CCNCC1. The summed E-state index contributed by atoms with van der Waals surface area (Å²) in [6.07, 6.45) is 2.42. The first-order valence-corrected chi connectivity index (χ1v) is 6.76. The van der Waals surface area contributed by atoms with E-state index in [1.165, 1.54) is 32.5 Å². The Balaban J connectivity index is 1.81. The minimum Gasteiger partial charge on any atom is -0.314 e. The van der Waals surface area contributed by atoms with Gasteiger partial charge in [-0.3, -0.25) is 0 Å². The van der Waals surface area contributed by atoms with Crippen LogP contribution < -0.4 is 5.32 Å². The first-order chi connectivity index (χ1) is 7.40. The van der Waals surface area contributed by atoms with Crippen LogP contribution in [0.1, 0.15) is 17.4 Å². The largest absolute Gasteiger partial charge is 0.314 e. The fourth-order valence-corrected chi connectivity index (χ4v) is 3.07. The predicted molar refractivity (Wildman–Crippen MR) is 66.7 cm³/mol. The lowest BCUT2D eigenvalue weighted by molar-refractivity contribution is 0.244. The molecule has 0 saturated carbocycles. The molecule has 1 fully saturated rings. The summed E-state index contributed by atoms with van der Waals surface area (Å²) in [7, 11) is 0. The van der Waals surface area contributed by atoms with Crippen molar-refractivity contribution in [1.29, 1.82) is 0 Å². The molecule has 15 heavy (non-hydrogen) atoms. The monoisotopic (exact) mass is 224 g/mol. The second kappa shape index (κ2) is 5.64. The van der Waals surface area contributed by atoms with E-state index in [-0.39, 0.29) is 0 Å². The molecule has 0 atom stereocenters. The highest BCUT2D eigenvalue weighted by Gasteiger charge is 2.10. The predicted octanol–water partition coefficient (Wildman–Crippen LogP) is 1.76. The summed E-state index contributed by atoms with van der Waals surface area (Å²) >= 11 is 1.92. The molecule has 2 nitrogen and oxygen atoms in total. The van der Waals surface area contributed by atoms with Gasteiger partial charge < -0.3 is 10.2 Å². The fraction of sp³-hybridized carbons (Fsp3) is 0.667. The Morgan fingerprint density at radius 3 is 2.93 bits per heavy atom. The summed E-state index contributed by atoms with van der Waals surface area (Å²) in [6, 6.07) is 2.28. The normalized spacial score (nSPS) is 18.2. The highest BCUT2D eigenvalue weighted by atomic mass is 32.1. The van der Waals surface area contributed by atoms with Gasteiger partial charge in [-0.05, 0) is 29.9 Å². The maximum absolute atomic E-state index is 3.39. The molecule has 1 N–H and O–H groups in total. The summed E-state index contributed by atoms with van der Waals surface area (Å²) in [4.78, 5) is 4.16. The second-order valence-corrected chi connectivity index (χ2v) is 5.06. The third kappa shape index (κ3) is 3.03. The van der Waals surface area contributed by atoms with Crippen molar-refractivity contribution in [2.75, 3.05) is 32.7 Å². The topological polar surface area (TPSA) is 15.3 Å². The zero-order valence-corrected chi connectivity index (χ0v) is 10.3. The number of aryl methyl sites for hydroxylation is 1. The molecule has 0 amide bonds. The Bertz CT molecular complexity index is 290. The fourth-order valence-electron chi connectivity index (χ4n) is 2.10. The summed E-state index contributed by atoms with van der Waals surface area (Å²) in [5.41, 5.74) is 1.55. The van der Waals surface area contributed by atoms with Crippen molar-refractivity contribution >= 4 is 11.3 Å². The van der Waals surface area contributed by atoms with Crippen molar-refractivity contribution in [3.05, 3.63) is 21.9 Å². The van der Waals surface area contributed by atoms with Crippen molar-refractivity contribution in [2.45, 2.75) is 19.8 Å². The summed E-state index contributed by atoms with van der Waals surface area (Å²) in [5, 5.41) is 5.62. The van der Waals surface area contributed by atoms with E-state index < -0.39 is 0 Å². The van der Waals surface area contributed by atoms with Crippen LogP contribution in [0.4, 0.5) is 0 Å². The van der Waals surface area contributed by atoms with Gasteiger partial charge in [-0.15, -0.1) is 11.3 Å². The zero-order chi connectivity index (χ0) is 10.5. The molecular weight excluding hydrogens is 204 g/mol. The molecule has 84 valence electrons. The van der Waals surface area contributed by atoms with E-state index in [1.54, 1.807) is 10.4 Å². The molecule has 1 saturated heterocycles. The molecule has 3 heteroatoms. The molecule has 2 heterocycles. The maximum Gasteiger partial charge on any atom is 0.0108 e. The molecule has 0 radical (unpaired) electrons. The van der Waals surface area contributed by atoms with Gasteiger partial charge in [-0.2, -0.15) is 0 Å². The van der Waals surface area contributed by atoms with Crippen LogP contribution in [0, 0.1) is 0 Å². The Kier molecular flexibility index (Phi) is 4.18. The van der Waals surface area contributed by atoms with Crippen LogP contribution in [0.15, 0.2) is 11.4 Å². The van der Waals surface area contributed by atoms with E-state index >= 15 is 0 Å². The third-order valence-electron chi connectivity index (χ3n) is 3.08. The van der Waals surface area contributed by atoms with E-state index in [4.69, 9.17) is 0 Å². The molecule has 0 unspecified atom stereocenters. The molecule has 1 aliphatic heterocycles. The van der Waals surface area contributed by atoms with Crippen LogP contribution >= 0.6 is 11.3 Å². The highest BCUT2D eigenvalue weighted by Crippen LogP contribution is 2.18. The van der Waals surface area contributed by atoms with Crippen LogP contribution in [0.3, 0.4) is 0 Å². The molecule has 0 aromatic carbocycles.